The van der Waals surface area contributed by atoms with Gasteiger partial charge in [-0.25, -0.2) is 4.98 Å². The molecule has 164 valence electrons. The summed E-state index contributed by atoms with van der Waals surface area (Å²) in [7, 11) is 0. The van der Waals surface area contributed by atoms with E-state index in [4.69, 9.17) is 4.98 Å². The van der Waals surface area contributed by atoms with Crippen molar-refractivity contribution in [2.75, 3.05) is 25.0 Å². The van der Waals surface area contributed by atoms with E-state index in [1.165, 1.54) is 51.6 Å². The molecule has 0 spiro atoms. The fourth-order valence-electron chi connectivity index (χ4n) is 5.49. The number of halogens is 1. The predicted octanol–water partition coefficient (Wildman–Crippen LogP) is 5.60. The third kappa shape index (κ3) is 4.37. The Morgan fingerprint density at radius 3 is 2.84 bits per heavy atom. The van der Waals surface area contributed by atoms with Gasteiger partial charge in [-0.2, -0.15) is 0 Å². The fraction of sp³-hybridized carbons (Fsp3) is 0.520. The second kappa shape index (κ2) is 8.91. The molecule has 2 aliphatic rings. The molecule has 31 heavy (non-hydrogen) atoms. The van der Waals surface area contributed by atoms with E-state index in [1.54, 1.807) is 6.20 Å². The van der Waals surface area contributed by atoms with Gasteiger partial charge in [-0.3, -0.25) is 4.79 Å². The van der Waals surface area contributed by atoms with E-state index in [0.717, 1.165) is 51.0 Å². The van der Waals surface area contributed by atoms with Crippen LogP contribution in [0.25, 0.3) is 21.7 Å². The number of fused-ring (bicyclic) bond motifs is 3. The highest BCUT2D eigenvalue weighted by Gasteiger charge is 2.24. The normalized spacial score (nSPS) is 21.0. The number of nitrogens with zero attached hydrogens (tertiary/aromatic N) is 2. The number of hydrogen-bond donors (Lipinski definition) is 2. The Morgan fingerprint density at radius 1 is 1.16 bits per heavy atom. The minimum atomic E-state index is -0.0842. The number of nitrogens with one attached hydrogen (secondary N) is 2. The molecule has 1 unspecified atom stereocenters. The third-order valence-corrected chi connectivity index (χ3v) is 7.57. The van der Waals surface area contributed by atoms with Crippen molar-refractivity contribution >= 4 is 43.4 Å². The number of aromatic amines is 1. The Bertz CT molecular complexity index is 1150. The summed E-state index contributed by atoms with van der Waals surface area (Å²) in [4.78, 5) is 23.1. The molecule has 0 bridgehead atoms. The Morgan fingerprint density at radius 2 is 2.00 bits per heavy atom. The maximum atomic E-state index is 12.7. The van der Waals surface area contributed by atoms with Crippen LogP contribution in [0.15, 0.2) is 33.7 Å². The van der Waals surface area contributed by atoms with Crippen molar-refractivity contribution < 1.29 is 0 Å². The molecule has 3 aromatic rings. The van der Waals surface area contributed by atoms with Gasteiger partial charge in [0.05, 0.1) is 10.9 Å². The van der Waals surface area contributed by atoms with Gasteiger partial charge < -0.3 is 15.2 Å². The van der Waals surface area contributed by atoms with E-state index >= 15 is 0 Å². The van der Waals surface area contributed by atoms with Crippen LogP contribution >= 0.6 is 15.9 Å². The van der Waals surface area contributed by atoms with E-state index in [1.807, 2.05) is 19.1 Å². The van der Waals surface area contributed by atoms with Crippen LogP contribution in [0, 0.1) is 12.8 Å². The minimum absolute atomic E-state index is 0.0842. The van der Waals surface area contributed by atoms with Crippen molar-refractivity contribution in [2.45, 2.75) is 57.9 Å². The van der Waals surface area contributed by atoms with E-state index in [9.17, 15) is 4.79 Å². The zero-order chi connectivity index (χ0) is 21.4. The molecule has 2 aromatic heterocycles. The smallest absolute Gasteiger partial charge is 0.258 e. The third-order valence-electron chi connectivity index (χ3n) is 7.07. The standard InChI is InChI=1S/C25H31BrN4O/c1-16-13-27-25(31)22-21-12-18(26)9-10-20(21)24(29-23(16)22)28-19-8-5-11-30(15-19)14-17-6-3-2-4-7-17/h9-10,12-13,17,19H,2-8,11,14-15H2,1H3,(H,27,31)(H,28,29). The monoisotopic (exact) mass is 482 g/mol. The average molecular weight is 483 g/mol. The highest BCUT2D eigenvalue weighted by molar-refractivity contribution is 9.10. The van der Waals surface area contributed by atoms with Gasteiger partial charge in [0.1, 0.15) is 5.82 Å². The minimum Gasteiger partial charge on any atom is -0.366 e. The topological polar surface area (TPSA) is 61.0 Å². The van der Waals surface area contributed by atoms with Crippen molar-refractivity contribution in [2.24, 2.45) is 5.92 Å². The number of aromatic nitrogens is 2. The van der Waals surface area contributed by atoms with Crippen LogP contribution < -0.4 is 10.9 Å². The number of H-pyrrole nitrogens is 1. The van der Waals surface area contributed by atoms with Crippen LogP contribution in [-0.2, 0) is 0 Å². The molecular weight excluding hydrogens is 452 g/mol. The number of piperidine rings is 1. The summed E-state index contributed by atoms with van der Waals surface area (Å²) in [6.45, 7) is 5.53. The molecule has 2 N–H and O–H groups in total. The molecule has 1 atom stereocenters. The van der Waals surface area contributed by atoms with Crippen molar-refractivity contribution in [3.05, 3.63) is 44.8 Å². The largest absolute Gasteiger partial charge is 0.366 e. The highest BCUT2D eigenvalue weighted by atomic mass is 79.9. The van der Waals surface area contributed by atoms with Crippen LogP contribution in [0.1, 0.15) is 50.5 Å². The summed E-state index contributed by atoms with van der Waals surface area (Å²) in [5.74, 6) is 1.77. The van der Waals surface area contributed by atoms with Gasteiger partial charge in [0.15, 0.2) is 0 Å². The van der Waals surface area contributed by atoms with Gasteiger partial charge in [-0.1, -0.05) is 35.2 Å². The lowest BCUT2D eigenvalue weighted by molar-refractivity contribution is 0.166. The SMILES string of the molecule is Cc1c[nH]c(=O)c2c1nc(NC1CCCN(CC3CCCCC3)C1)c1ccc(Br)cc12. The summed E-state index contributed by atoms with van der Waals surface area (Å²) < 4.78 is 0.968. The van der Waals surface area contributed by atoms with Crippen LogP contribution in [-0.4, -0.2) is 40.5 Å². The summed E-state index contributed by atoms with van der Waals surface area (Å²) >= 11 is 3.58. The van der Waals surface area contributed by atoms with Crippen molar-refractivity contribution in [1.82, 2.24) is 14.9 Å². The fourth-order valence-corrected chi connectivity index (χ4v) is 5.85. The van der Waals surface area contributed by atoms with E-state index < -0.39 is 0 Å². The van der Waals surface area contributed by atoms with Crippen LogP contribution in [0.2, 0.25) is 0 Å². The first-order valence-corrected chi connectivity index (χ1v) is 12.5. The molecule has 0 amide bonds. The Labute approximate surface area is 191 Å². The second-order valence-electron chi connectivity index (χ2n) is 9.42. The lowest BCUT2D eigenvalue weighted by Crippen LogP contribution is -2.44. The van der Waals surface area contributed by atoms with Crippen molar-refractivity contribution in [1.29, 1.82) is 0 Å². The maximum Gasteiger partial charge on any atom is 0.258 e. The summed E-state index contributed by atoms with van der Waals surface area (Å²) in [6, 6.07) is 6.52. The molecule has 5 rings (SSSR count). The number of hydrogen-bond acceptors (Lipinski definition) is 4. The Hall–Kier alpha value is -1.92. The molecule has 3 heterocycles. The lowest BCUT2D eigenvalue weighted by atomic mass is 9.88. The molecule has 1 saturated heterocycles. The van der Waals surface area contributed by atoms with Gasteiger partial charge in [-0.15, -0.1) is 0 Å². The van der Waals surface area contributed by atoms with Crippen molar-refractivity contribution in [3.63, 3.8) is 0 Å². The molecule has 2 fully saturated rings. The maximum absolute atomic E-state index is 12.7. The van der Waals surface area contributed by atoms with Crippen LogP contribution in [0.4, 0.5) is 5.82 Å². The number of pyridine rings is 2. The molecule has 1 aliphatic heterocycles. The lowest BCUT2D eigenvalue weighted by Gasteiger charge is -2.36. The van der Waals surface area contributed by atoms with Gasteiger partial charge in [0, 0.05) is 40.6 Å². The molecular formula is C25H31BrN4O. The molecule has 1 saturated carbocycles. The number of likely N-dealkylation sites (tertiary alicyclic amines) is 1. The number of aryl methyl sites for hydroxylation is 1. The number of benzene rings is 1. The molecule has 1 aliphatic carbocycles. The van der Waals surface area contributed by atoms with Gasteiger partial charge in [0.2, 0.25) is 0 Å². The van der Waals surface area contributed by atoms with E-state index in [-0.39, 0.29) is 5.56 Å². The van der Waals surface area contributed by atoms with Gasteiger partial charge in [0.25, 0.3) is 5.56 Å². The molecule has 1 aromatic carbocycles. The van der Waals surface area contributed by atoms with Gasteiger partial charge in [-0.05, 0) is 68.8 Å². The zero-order valence-electron chi connectivity index (χ0n) is 18.2. The van der Waals surface area contributed by atoms with E-state index in [0.29, 0.717) is 11.4 Å². The Balaban J connectivity index is 1.45. The number of rotatable bonds is 4. The van der Waals surface area contributed by atoms with Crippen LogP contribution in [0.3, 0.4) is 0 Å². The molecule has 6 heteroatoms. The summed E-state index contributed by atoms with van der Waals surface area (Å²) in [6.07, 6.45) is 11.2. The van der Waals surface area contributed by atoms with Crippen LogP contribution in [0.5, 0.6) is 0 Å². The second-order valence-corrected chi connectivity index (χ2v) is 10.3. The molecule has 0 radical (unpaired) electrons. The summed E-state index contributed by atoms with van der Waals surface area (Å²) in [5.41, 5.74) is 1.69. The van der Waals surface area contributed by atoms with Gasteiger partial charge >= 0.3 is 0 Å². The quantitative estimate of drug-likeness (QED) is 0.474. The first-order chi connectivity index (χ1) is 15.1. The first kappa shape index (κ1) is 21.0. The zero-order valence-corrected chi connectivity index (χ0v) is 19.8. The Kier molecular flexibility index (Phi) is 6.02. The highest BCUT2D eigenvalue weighted by Crippen LogP contribution is 2.32. The average Bonchev–Trinajstić information content (AvgIpc) is 2.77. The van der Waals surface area contributed by atoms with E-state index in [2.05, 4.69) is 37.2 Å². The number of anilines is 1. The predicted molar refractivity (Wildman–Crippen MR) is 132 cm³/mol. The first-order valence-electron chi connectivity index (χ1n) is 11.7. The molecule has 5 nitrogen and oxygen atoms in total. The summed E-state index contributed by atoms with van der Waals surface area (Å²) in [5, 5.41) is 6.40. The van der Waals surface area contributed by atoms with Crippen molar-refractivity contribution in [3.8, 4) is 0 Å².